The second-order valence-corrected chi connectivity index (χ2v) is 6.37. The third-order valence-electron chi connectivity index (χ3n) is 2.97. The number of hydrogen-bond acceptors (Lipinski definition) is 2. The van der Waals surface area contributed by atoms with Crippen LogP contribution < -0.4 is 5.32 Å². The van der Waals surface area contributed by atoms with Crippen LogP contribution in [0, 0.1) is 0 Å². The molecule has 0 saturated carbocycles. The Balaban J connectivity index is 2.60. The third kappa shape index (κ3) is 4.62. The van der Waals surface area contributed by atoms with Gasteiger partial charge in [-0.2, -0.15) is 5.10 Å². The van der Waals surface area contributed by atoms with E-state index < -0.39 is 0 Å². The first-order valence-corrected chi connectivity index (χ1v) is 7.19. The maximum atomic E-state index is 6.24. The molecule has 0 aromatic carbocycles. The molecular weight excluding hydrogens is 246 g/mol. The van der Waals surface area contributed by atoms with E-state index in [0.29, 0.717) is 5.92 Å². The molecule has 1 aromatic rings. The Hall–Kier alpha value is -0.540. The van der Waals surface area contributed by atoms with Gasteiger partial charge in [-0.05, 0) is 40.2 Å². The second-order valence-electron chi connectivity index (χ2n) is 5.97. The van der Waals surface area contributed by atoms with Crippen LogP contribution in [0.1, 0.15) is 59.1 Å². The van der Waals surface area contributed by atoms with Crippen molar-refractivity contribution < 1.29 is 0 Å². The highest BCUT2D eigenvalue weighted by Gasteiger charge is 2.17. The molecule has 1 N–H and O–H groups in total. The molecule has 0 aliphatic rings. The normalized spacial score (nSPS) is 13.9. The van der Waals surface area contributed by atoms with E-state index in [1.807, 2.05) is 4.68 Å². The van der Waals surface area contributed by atoms with Crippen molar-refractivity contribution in [2.24, 2.45) is 0 Å². The van der Waals surface area contributed by atoms with Crippen LogP contribution in [0.3, 0.4) is 0 Å². The first-order chi connectivity index (χ1) is 8.35. The minimum Gasteiger partial charge on any atom is -0.312 e. The number of nitrogens with zero attached hydrogens (tertiary/aromatic N) is 2. The van der Waals surface area contributed by atoms with Crippen LogP contribution in [0.25, 0.3) is 0 Å². The zero-order valence-electron chi connectivity index (χ0n) is 12.3. The number of aromatic nitrogens is 2. The van der Waals surface area contributed by atoms with Crippen LogP contribution in [0.15, 0.2) is 6.20 Å². The molecule has 0 aliphatic carbocycles. The van der Waals surface area contributed by atoms with E-state index in [4.69, 9.17) is 11.6 Å². The van der Waals surface area contributed by atoms with E-state index in [2.05, 4.69) is 45.0 Å². The van der Waals surface area contributed by atoms with Crippen LogP contribution in [-0.2, 0) is 6.54 Å². The van der Waals surface area contributed by atoms with Gasteiger partial charge in [0.15, 0.2) is 0 Å². The quantitative estimate of drug-likeness (QED) is 0.852. The summed E-state index contributed by atoms with van der Waals surface area (Å²) in [6.45, 7) is 12.9. The SMILES string of the molecule is CCCn1ncc(Cl)c1C(C)CCNC(C)(C)C. The Morgan fingerprint density at radius 1 is 1.44 bits per heavy atom. The van der Waals surface area contributed by atoms with Crippen molar-refractivity contribution in [3.05, 3.63) is 16.9 Å². The van der Waals surface area contributed by atoms with Gasteiger partial charge in [-0.1, -0.05) is 25.4 Å². The van der Waals surface area contributed by atoms with Gasteiger partial charge in [0.2, 0.25) is 0 Å². The van der Waals surface area contributed by atoms with Crippen LogP contribution >= 0.6 is 11.6 Å². The lowest BCUT2D eigenvalue weighted by atomic mass is 10.0. The zero-order valence-corrected chi connectivity index (χ0v) is 13.0. The van der Waals surface area contributed by atoms with Gasteiger partial charge in [0.05, 0.1) is 16.9 Å². The fourth-order valence-electron chi connectivity index (χ4n) is 2.05. The number of nitrogens with one attached hydrogen (secondary N) is 1. The van der Waals surface area contributed by atoms with Gasteiger partial charge in [-0.25, -0.2) is 0 Å². The molecule has 0 saturated heterocycles. The molecule has 0 fully saturated rings. The van der Waals surface area contributed by atoms with Crippen LogP contribution in [-0.4, -0.2) is 21.9 Å². The fourth-order valence-corrected chi connectivity index (χ4v) is 2.38. The van der Waals surface area contributed by atoms with E-state index in [-0.39, 0.29) is 5.54 Å². The third-order valence-corrected chi connectivity index (χ3v) is 3.26. The van der Waals surface area contributed by atoms with Crippen LogP contribution in [0.2, 0.25) is 5.02 Å². The predicted molar refractivity (Wildman–Crippen MR) is 78.3 cm³/mol. The number of rotatable bonds is 6. The van der Waals surface area contributed by atoms with Gasteiger partial charge in [0, 0.05) is 18.0 Å². The van der Waals surface area contributed by atoms with Crippen molar-refractivity contribution in [1.29, 1.82) is 0 Å². The molecule has 1 atom stereocenters. The number of hydrogen-bond donors (Lipinski definition) is 1. The van der Waals surface area contributed by atoms with Crippen molar-refractivity contribution in [2.45, 2.75) is 65.5 Å². The zero-order chi connectivity index (χ0) is 13.8. The average Bonchev–Trinajstić information content (AvgIpc) is 2.58. The summed E-state index contributed by atoms with van der Waals surface area (Å²) >= 11 is 6.24. The van der Waals surface area contributed by atoms with Gasteiger partial charge >= 0.3 is 0 Å². The summed E-state index contributed by atoms with van der Waals surface area (Å²) < 4.78 is 2.05. The lowest BCUT2D eigenvalue weighted by Gasteiger charge is -2.22. The first kappa shape index (κ1) is 15.5. The van der Waals surface area contributed by atoms with Crippen molar-refractivity contribution in [3.8, 4) is 0 Å². The molecule has 0 amide bonds. The molecule has 0 spiro atoms. The molecule has 3 nitrogen and oxygen atoms in total. The maximum Gasteiger partial charge on any atom is 0.0820 e. The summed E-state index contributed by atoms with van der Waals surface area (Å²) in [5.74, 6) is 0.432. The topological polar surface area (TPSA) is 29.9 Å². The Morgan fingerprint density at radius 3 is 2.67 bits per heavy atom. The molecule has 0 bridgehead atoms. The van der Waals surface area contributed by atoms with E-state index in [9.17, 15) is 0 Å². The number of aryl methyl sites for hydroxylation is 1. The highest BCUT2D eigenvalue weighted by atomic mass is 35.5. The van der Waals surface area contributed by atoms with Crippen molar-refractivity contribution in [2.75, 3.05) is 6.54 Å². The molecule has 0 aliphatic heterocycles. The summed E-state index contributed by atoms with van der Waals surface area (Å²) in [6, 6.07) is 0. The summed E-state index contributed by atoms with van der Waals surface area (Å²) in [5, 5.41) is 8.66. The highest BCUT2D eigenvalue weighted by molar-refractivity contribution is 6.31. The monoisotopic (exact) mass is 271 g/mol. The van der Waals surface area contributed by atoms with Crippen molar-refractivity contribution >= 4 is 11.6 Å². The van der Waals surface area contributed by atoms with E-state index in [0.717, 1.165) is 31.0 Å². The Morgan fingerprint density at radius 2 is 2.11 bits per heavy atom. The Labute approximate surface area is 116 Å². The van der Waals surface area contributed by atoms with Crippen molar-refractivity contribution in [3.63, 3.8) is 0 Å². The largest absolute Gasteiger partial charge is 0.312 e. The average molecular weight is 272 g/mol. The molecule has 4 heteroatoms. The Kier molecular flexibility index (Phi) is 5.67. The standard InChI is InChI=1S/C14H26ClN3/c1-6-9-18-13(12(15)10-17-18)11(2)7-8-16-14(3,4)5/h10-11,16H,6-9H2,1-5H3. The van der Waals surface area contributed by atoms with Crippen molar-refractivity contribution in [1.82, 2.24) is 15.1 Å². The van der Waals surface area contributed by atoms with Gasteiger partial charge in [-0.15, -0.1) is 0 Å². The number of halogens is 1. The fraction of sp³-hybridized carbons (Fsp3) is 0.786. The summed E-state index contributed by atoms with van der Waals surface area (Å²) in [5.41, 5.74) is 1.35. The molecular formula is C14H26ClN3. The highest BCUT2D eigenvalue weighted by Crippen LogP contribution is 2.26. The lowest BCUT2D eigenvalue weighted by Crippen LogP contribution is -2.36. The van der Waals surface area contributed by atoms with Gasteiger partial charge in [0.1, 0.15) is 0 Å². The predicted octanol–water partition coefficient (Wildman–Crippen LogP) is 3.83. The van der Waals surface area contributed by atoms with Crippen LogP contribution in [0.4, 0.5) is 0 Å². The van der Waals surface area contributed by atoms with E-state index >= 15 is 0 Å². The lowest BCUT2D eigenvalue weighted by molar-refractivity contribution is 0.409. The van der Waals surface area contributed by atoms with Gasteiger partial charge in [0.25, 0.3) is 0 Å². The molecule has 1 heterocycles. The maximum absolute atomic E-state index is 6.24. The molecule has 104 valence electrons. The smallest absolute Gasteiger partial charge is 0.0820 e. The second kappa shape index (κ2) is 6.58. The summed E-state index contributed by atoms with van der Waals surface area (Å²) in [6.07, 6.45) is 3.92. The van der Waals surface area contributed by atoms with E-state index in [1.54, 1.807) is 6.20 Å². The minimum absolute atomic E-state index is 0.174. The molecule has 18 heavy (non-hydrogen) atoms. The van der Waals surface area contributed by atoms with Gasteiger partial charge in [-0.3, -0.25) is 4.68 Å². The first-order valence-electron chi connectivity index (χ1n) is 6.81. The summed E-state index contributed by atoms with van der Waals surface area (Å²) in [7, 11) is 0. The van der Waals surface area contributed by atoms with E-state index in [1.165, 1.54) is 5.69 Å². The van der Waals surface area contributed by atoms with Crippen LogP contribution in [0.5, 0.6) is 0 Å². The molecule has 1 aromatic heterocycles. The van der Waals surface area contributed by atoms with Gasteiger partial charge < -0.3 is 5.32 Å². The minimum atomic E-state index is 0.174. The molecule has 1 unspecified atom stereocenters. The molecule has 0 radical (unpaired) electrons. The molecule has 1 rings (SSSR count). The summed E-state index contributed by atoms with van der Waals surface area (Å²) in [4.78, 5) is 0. The Bertz CT molecular complexity index is 366.